The van der Waals surface area contributed by atoms with Crippen molar-refractivity contribution >= 4 is 27.8 Å². The summed E-state index contributed by atoms with van der Waals surface area (Å²) in [4.78, 5) is 25.7. The lowest BCUT2D eigenvalue weighted by atomic mass is 9.49. The van der Waals surface area contributed by atoms with Crippen molar-refractivity contribution in [2.45, 2.75) is 62.1 Å². The van der Waals surface area contributed by atoms with Crippen LogP contribution in [-0.4, -0.2) is 40.8 Å². The van der Waals surface area contributed by atoms with Crippen LogP contribution in [0.25, 0.3) is 0 Å². The van der Waals surface area contributed by atoms with Gasteiger partial charge in [-0.1, -0.05) is 15.9 Å². The first kappa shape index (κ1) is 15.9. The van der Waals surface area contributed by atoms with Gasteiger partial charge in [0.25, 0.3) is 0 Å². The number of ether oxygens (including phenoxy) is 1. The van der Waals surface area contributed by atoms with Gasteiger partial charge >= 0.3 is 5.97 Å². The topological polar surface area (TPSA) is 46.6 Å². The molecule has 4 aliphatic carbocycles. The zero-order chi connectivity index (χ0) is 16.1. The van der Waals surface area contributed by atoms with Crippen molar-refractivity contribution in [3.63, 3.8) is 0 Å². The molecule has 5 heteroatoms. The first-order valence-corrected chi connectivity index (χ1v) is 9.87. The van der Waals surface area contributed by atoms with E-state index in [-0.39, 0.29) is 17.3 Å². The molecule has 1 amide bonds. The third-order valence-corrected chi connectivity index (χ3v) is 7.35. The van der Waals surface area contributed by atoms with E-state index in [1.165, 1.54) is 32.1 Å². The van der Waals surface area contributed by atoms with Crippen molar-refractivity contribution in [2.24, 2.45) is 17.3 Å². The number of alkyl halides is 1. The molecule has 2 atom stereocenters. The van der Waals surface area contributed by atoms with Crippen LogP contribution in [0.3, 0.4) is 0 Å². The summed E-state index contributed by atoms with van der Waals surface area (Å²) >= 11 is 3.99. The molecule has 128 valence electrons. The molecule has 2 unspecified atom stereocenters. The maximum atomic E-state index is 12.3. The molecule has 23 heavy (non-hydrogen) atoms. The fourth-order valence-corrected chi connectivity index (χ4v) is 7.62. The third kappa shape index (κ3) is 3.18. The number of amides is 1. The summed E-state index contributed by atoms with van der Waals surface area (Å²) in [6, 6.07) is 0. The summed E-state index contributed by atoms with van der Waals surface area (Å²) in [5, 5.41) is 0. The van der Waals surface area contributed by atoms with E-state index >= 15 is 0 Å². The van der Waals surface area contributed by atoms with E-state index in [9.17, 15) is 9.59 Å². The maximum Gasteiger partial charge on any atom is 0.306 e. The van der Waals surface area contributed by atoms with Crippen LogP contribution in [0.2, 0.25) is 0 Å². The summed E-state index contributed by atoms with van der Waals surface area (Å²) in [5.74, 6) is 1.73. The van der Waals surface area contributed by atoms with E-state index in [0.29, 0.717) is 30.3 Å². The highest BCUT2D eigenvalue weighted by Crippen LogP contribution is 2.65. The van der Waals surface area contributed by atoms with Crippen LogP contribution in [0.4, 0.5) is 0 Å². The quantitative estimate of drug-likeness (QED) is 0.540. The second kappa shape index (κ2) is 5.75. The zero-order valence-corrected chi connectivity index (χ0v) is 15.3. The molecule has 4 saturated carbocycles. The van der Waals surface area contributed by atoms with Gasteiger partial charge in [-0.3, -0.25) is 9.59 Å². The Morgan fingerprint density at radius 2 is 2.00 bits per heavy atom. The van der Waals surface area contributed by atoms with Crippen molar-refractivity contribution in [1.82, 2.24) is 4.90 Å². The molecule has 0 aromatic rings. The first-order valence-electron chi connectivity index (χ1n) is 9.08. The number of rotatable bonds is 5. The molecule has 4 nitrogen and oxygen atoms in total. The number of carbonyl (C=O) groups excluding carboxylic acids is 2. The molecule has 0 spiro atoms. The minimum atomic E-state index is -0.0605. The van der Waals surface area contributed by atoms with E-state index < -0.39 is 0 Å². The van der Waals surface area contributed by atoms with Crippen LogP contribution < -0.4 is 0 Å². The minimum Gasteiger partial charge on any atom is -0.464 e. The fraction of sp³-hybridized carbons (Fsp3) is 0.889. The Labute approximate surface area is 146 Å². The van der Waals surface area contributed by atoms with Crippen molar-refractivity contribution in [3.05, 3.63) is 0 Å². The SMILES string of the molecule is O=C(CC12CC3CC(CC(Br)(C3)C1)C2)OCCN1CCCC1=O. The first-order chi connectivity index (χ1) is 11.0. The molecule has 0 radical (unpaired) electrons. The molecule has 5 fully saturated rings. The van der Waals surface area contributed by atoms with Gasteiger partial charge in [-0.05, 0) is 62.2 Å². The van der Waals surface area contributed by atoms with Crippen LogP contribution in [0.15, 0.2) is 0 Å². The standard InChI is InChI=1S/C18H26BrNO3/c19-18-9-13-6-14(10-18)8-17(7-13,12-18)11-16(22)23-5-4-20-3-1-2-15(20)21/h13-14H,1-12H2. The van der Waals surface area contributed by atoms with Crippen molar-refractivity contribution in [3.8, 4) is 0 Å². The largest absolute Gasteiger partial charge is 0.464 e. The van der Waals surface area contributed by atoms with E-state index in [0.717, 1.165) is 31.2 Å². The third-order valence-electron chi connectivity index (χ3n) is 6.43. The number of esters is 1. The fourth-order valence-electron chi connectivity index (χ4n) is 6.11. The monoisotopic (exact) mass is 383 g/mol. The van der Waals surface area contributed by atoms with Crippen LogP contribution in [0.5, 0.6) is 0 Å². The normalized spacial score (nSPS) is 41.6. The van der Waals surface area contributed by atoms with Crippen molar-refractivity contribution in [2.75, 3.05) is 19.7 Å². The summed E-state index contributed by atoms with van der Waals surface area (Å²) in [7, 11) is 0. The molecular formula is C18H26BrNO3. The highest BCUT2D eigenvalue weighted by molar-refractivity contribution is 9.10. The average molecular weight is 384 g/mol. The van der Waals surface area contributed by atoms with Gasteiger partial charge in [0.15, 0.2) is 0 Å². The molecule has 0 N–H and O–H groups in total. The Morgan fingerprint density at radius 3 is 2.61 bits per heavy atom. The van der Waals surface area contributed by atoms with E-state index in [4.69, 9.17) is 4.74 Å². The molecule has 5 rings (SSSR count). The molecule has 1 heterocycles. The maximum absolute atomic E-state index is 12.3. The lowest BCUT2D eigenvalue weighted by Gasteiger charge is -2.60. The van der Waals surface area contributed by atoms with Gasteiger partial charge in [-0.15, -0.1) is 0 Å². The number of carbonyl (C=O) groups is 2. The van der Waals surface area contributed by atoms with Crippen LogP contribution in [0.1, 0.15) is 57.8 Å². The Hall–Kier alpha value is -0.580. The summed E-state index contributed by atoms with van der Waals surface area (Å²) in [6.07, 6.45) is 9.64. The van der Waals surface area contributed by atoms with Crippen LogP contribution in [-0.2, 0) is 14.3 Å². The summed E-state index contributed by atoms with van der Waals surface area (Å²) in [6.45, 7) is 1.73. The predicted octanol–water partition coefficient (Wildman–Crippen LogP) is 3.28. The second-order valence-electron chi connectivity index (χ2n) is 8.49. The zero-order valence-electron chi connectivity index (χ0n) is 13.7. The smallest absolute Gasteiger partial charge is 0.306 e. The Bertz CT molecular complexity index is 506. The van der Waals surface area contributed by atoms with Gasteiger partial charge in [-0.25, -0.2) is 0 Å². The summed E-state index contributed by atoms with van der Waals surface area (Å²) in [5.41, 5.74) is 0.175. The van der Waals surface area contributed by atoms with Crippen LogP contribution >= 0.6 is 15.9 Å². The molecular weight excluding hydrogens is 358 g/mol. The number of nitrogens with zero attached hydrogens (tertiary/aromatic N) is 1. The lowest BCUT2D eigenvalue weighted by molar-refractivity contribution is -0.152. The van der Waals surface area contributed by atoms with Crippen molar-refractivity contribution < 1.29 is 14.3 Å². The summed E-state index contributed by atoms with van der Waals surface area (Å²) < 4.78 is 5.77. The van der Waals surface area contributed by atoms with Crippen LogP contribution in [0, 0.1) is 17.3 Å². The van der Waals surface area contributed by atoms with Gasteiger partial charge in [0.1, 0.15) is 6.61 Å². The highest BCUT2D eigenvalue weighted by atomic mass is 79.9. The second-order valence-corrected chi connectivity index (χ2v) is 10.2. The van der Waals surface area contributed by atoms with Gasteiger partial charge in [0, 0.05) is 17.3 Å². The van der Waals surface area contributed by atoms with Gasteiger partial charge in [0.2, 0.25) is 5.91 Å². The predicted molar refractivity (Wildman–Crippen MR) is 90.2 cm³/mol. The average Bonchev–Trinajstić information content (AvgIpc) is 2.80. The van der Waals surface area contributed by atoms with Gasteiger partial charge in [0.05, 0.1) is 13.0 Å². The number of halogens is 1. The number of likely N-dealkylation sites (tertiary alicyclic amines) is 1. The molecule has 5 aliphatic rings. The molecule has 0 aromatic heterocycles. The molecule has 4 bridgehead atoms. The van der Waals surface area contributed by atoms with E-state index in [2.05, 4.69) is 15.9 Å². The van der Waals surface area contributed by atoms with Crippen molar-refractivity contribution in [1.29, 1.82) is 0 Å². The van der Waals surface area contributed by atoms with Gasteiger partial charge in [-0.2, -0.15) is 0 Å². The molecule has 0 aromatic carbocycles. The highest BCUT2D eigenvalue weighted by Gasteiger charge is 2.57. The Balaban J connectivity index is 1.29. The lowest BCUT2D eigenvalue weighted by Crippen LogP contribution is -2.53. The number of hydrogen-bond acceptors (Lipinski definition) is 3. The number of hydrogen-bond donors (Lipinski definition) is 0. The Kier molecular flexibility index (Phi) is 3.98. The Morgan fingerprint density at radius 1 is 1.26 bits per heavy atom. The molecule has 1 aliphatic heterocycles. The minimum absolute atomic E-state index is 0.0605. The van der Waals surface area contributed by atoms with E-state index in [1.807, 2.05) is 4.90 Å². The van der Waals surface area contributed by atoms with Gasteiger partial charge < -0.3 is 9.64 Å². The van der Waals surface area contributed by atoms with E-state index in [1.54, 1.807) is 0 Å². The molecule has 1 saturated heterocycles.